The summed E-state index contributed by atoms with van der Waals surface area (Å²) in [6.45, 7) is 2.08. The van der Waals surface area contributed by atoms with Gasteiger partial charge in [0.25, 0.3) is 5.91 Å². The molecule has 0 unspecified atom stereocenters. The lowest BCUT2D eigenvalue weighted by molar-refractivity contribution is -0.115. The Balaban J connectivity index is 1.77. The zero-order chi connectivity index (χ0) is 17.6. The molecule has 0 aliphatic carbocycles. The van der Waals surface area contributed by atoms with Crippen molar-refractivity contribution in [1.29, 1.82) is 5.26 Å². The van der Waals surface area contributed by atoms with Crippen molar-refractivity contribution in [2.75, 3.05) is 0 Å². The highest BCUT2D eigenvalue weighted by Crippen LogP contribution is 2.26. The number of amidine groups is 1. The highest BCUT2D eigenvalue weighted by Gasteiger charge is 2.23. The maximum atomic E-state index is 11.8. The zero-order valence-electron chi connectivity index (χ0n) is 13.6. The lowest BCUT2D eigenvalue weighted by Gasteiger charge is -2.02. The topological polar surface area (TPSA) is 65.2 Å². The first kappa shape index (κ1) is 16.7. The van der Waals surface area contributed by atoms with Crippen LogP contribution in [0.3, 0.4) is 0 Å². The molecule has 1 aliphatic rings. The van der Waals surface area contributed by atoms with Gasteiger partial charge in [-0.2, -0.15) is 5.26 Å². The number of allylic oxidation sites excluding steroid dienone is 1. The molecule has 0 bridgehead atoms. The Bertz CT molecular complexity index is 920. The number of hydrogen-bond donors (Lipinski definition) is 1. The van der Waals surface area contributed by atoms with Gasteiger partial charge in [0.05, 0.1) is 4.91 Å². The predicted molar refractivity (Wildman–Crippen MR) is 103 cm³/mol. The second-order valence-corrected chi connectivity index (χ2v) is 6.47. The third-order valence-corrected chi connectivity index (χ3v) is 4.56. The molecule has 25 heavy (non-hydrogen) atoms. The minimum atomic E-state index is -0.233. The lowest BCUT2D eigenvalue weighted by Crippen LogP contribution is -2.19. The minimum absolute atomic E-state index is 0.233. The largest absolute Gasteiger partial charge is 0.300 e. The summed E-state index contributed by atoms with van der Waals surface area (Å²) in [4.78, 5) is 15.9. The van der Waals surface area contributed by atoms with Gasteiger partial charge in [0.15, 0.2) is 5.17 Å². The van der Waals surface area contributed by atoms with Crippen molar-refractivity contribution >= 4 is 40.6 Å². The number of nitrogens with zero attached hydrogens (tertiary/aromatic N) is 2. The molecule has 2 aromatic carbocycles. The normalized spacial score (nSPS) is 17.6. The van der Waals surface area contributed by atoms with Gasteiger partial charge in [0, 0.05) is 0 Å². The number of nitrogens with one attached hydrogen (secondary N) is 1. The minimum Gasteiger partial charge on any atom is -0.300 e. The van der Waals surface area contributed by atoms with E-state index in [2.05, 4.69) is 35.4 Å². The summed E-state index contributed by atoms with van der Waals surface area (Å²) in [5, 5.41) is 11.4. The number of benzene rings is 2. The molecular formula is C20H15N3OS. The number of rotatable bonds is 3. The fraction of sp³-hybridized carbons (Fsp3) is 0.0500. The highest BCUT2D eigenvalue weighted by molar-refractivity contribution is 8.18. The summed E-state index contributed by atoms with van der Waals surface area (Å²) < 4.78 is 0. The molecular weight excluding hydrogens is 330 g/mol. The number of carbonyl (C=O) groups is 1. The van der Waals surface area contributed by atoms with E-state index in [-0.39, 0.29) is 5.91 Å². The first-order valence-corrected chi connectivity index (χ1v) is 8.49. The SMILES string of the molecule is CC(=Cc1ccc(/C=C2/SC(=NC#N)NC2=O)cc1)c1ccccc1. The number of amides is 1. The molecule has 1 aliphatic heterocycles. The Labute approximate surface area is 150 Å². The standard InChI is InChI=1S/C20H15N3OS/c1-14(17-5-3-2-4-6-17)11-15-7-9-16(10-8-15)12-18-19(24)23-20(25-18)22-13-21/h2-12H,1H3,(H,22,23,24)/b14-11?,18-12+. The molecule has 1 saturated heterocycles. The fourth-order valence-electron chi connectivity index (χ4n) is 2.40. The summed E-state index contributed by atoms with van der Waals surface area (Å²) in [6.07, 6.45) is 5.59. The van der Waals surface area contributed by atoms with Crippen molar-refractivity contribution < 1.29 is 4.79 Å². The number of thioether (sulfide) groups is 1. The quantitative estimate of drug-likeness (QED) is 0.513. The molecule has 3 rings (SSSR count). The van der Waals surface area contributed by atoms with E-state index in [1.54, 1.807) is 12.3 Å². The molecule has 2 aromatic rings. The number of aliphatic imine (C=N–C) groups is 1. The van der Waals surface area contributed by atoms with E-state index in [4.69, 9.17) is 5.26 Å². The maximum absolute atomic E-state index is 11.8. The predicted octanol–water partition coefficient (Wildman–Crippen LogP) is 4.29. The van der Waals surface area contributed by atoms with E-state index in [0.29, 0.717) is 10.1 Å². The van der Waals surface area contributed by atoms with Crippen molar-refractivity contribution in [1.82, 2.24) is 5.32 Å². The Kier molecular flexibility index (Phi) is 5.12. The molecule has 0 atom stereocenters. The zero-order valence-corrected chi connectivity index (χ0v) is 14.4. The van der Waals surface area contributed by atoms with Crippen molar-refractivity contribution in [3.63, 3.8) is 0 Å². The van der Waals surface area contributed by atoms with Crippen LogP contribution in [0.25, 0.3) is 17.7 Å². The molecule has 4 nitrogen and oxygen atoms in total. The van der Waals surface area contributed by atoms with E-state index in [1.807, 2.05) is 42.5 Å². The molecule has 122 valence electrons. The molecule has 0 aromatic heterocycles. The number of nitriles is 1. The van der Waals surface area contributed by atoms with Gasteiger partial charge >= 0.3 is 0 Å². The monoisotopic (exact) mass is 345 g/mol. The van der Waals surface area contributed by atoms with Crippen LogP contribution in [0.4, 0.5) is 0 Å². The van der Waals surface area contributed by atoms with Gasteiger partial charge in [0.1, 0.15) is 0 Å². The van der Waals surface area contributed by atoms with Crippen LogP contribution < -0.4 is 5.32 Å². The molecule has 5 heteroatoms. The van der Waals surface area contributed by atoms with Crippen molar-refractivity contribution in [2.45, 2.75) is 6.92 Å². The van der Waals surface area contributed by atoms with Crippen molar-refractivity contribution in [3.8, 4) is 6.19 Å². The van der Waals surface area contributed by atoms with Crippen LogP contribution in [0.15, 0.2) is 64.5 Å². The van der Waals surface area contributed by atoms with Gasteiger partial charge in [0.2, 0.25) is 6.19 Å². The van der Waals surface area contributed by atoms with E-state index < -0.39 is 0 Å². The average Bonchev–Trinajstić information content (AvgIpc) is 2.97. The molecule has 0 spiro atoms. The molecule has 0 radical (unpaired) electrons. The van der Waals surface area contributed by atoms with Gasteiger partial charge in [-0.3, -0.25) is 10.1 Å². The van der Waals surface area contributed by atoms with Crippen LogP contribution in [0, 0.1) is 11.5 Å². The Morgan fingerprint density at radius 3 is 2.48 bits per heavy atom. The van der Waals surface area contributed by atoms with Crippen molar-refractivity contribution in [3.05, 3.63) is 76.2 Å². The first-order valence-electron chi connectivity index (χ1n) is 7.67. The van der Waals surface area contributed by atoms with Gasteiger partial charge < -0.3 is 0 Å². The average molecular weight is 345 g/mol. The second kappa shape index (κ2) is 7.65. The van der Waals surface area contributed by atoms with E-state index in [1.165, 1.54) is 22.9 Å². The molecule has 0 saturated carbocycles. The van der Waals surface area contributed by atoms with Gasteiger partial charge in [-0.1, -0.05) is 60.7 Å². The number of hydrogen-bond acceptors (Lipinski definition) is 4. The third-order valence-electron chi connectivity index (χ3n) is 3.65. The van der Waals surface area contributed by atoms with Crippen LogP contribution in [-0.2, 0) is 4.79 Å². The van der Waals surface area contributed by atoms with Gasteiger partial charge in [-0.25, -0.2) is 0 Å². The Morgan fingerprint density at radius 1 is 1.12 bits per heavy atom. The van der Waals surface area contributed by atoms with Crippen LogP contribution in [-0.4, -0.2) is 11.1 Å². The smallest absolute Gasteiger partial charge is 0.264 e. The maximum Gasteiger partial charge on any atom is 0.264 e. The van der Waals surface area contributed by atoms with Crippen LogP contribution >= 0.6 is 11.8 Å². The molecule has 1 amide bonds. The summed E-state index contributed by atoms with van der Waals surface area (Å²) in [5.41, 5.74) is 4.40. The van der Waals surface area contributed by atoms with Crippen molar-refractivity contribution in [2.24, 2.45) is 4.99 Å². The lowest BCUT2D eigenvalue weighted by atomic mass is 10.0. The first-order chi connectivity index (χ1) is 12.2. The van der Waals surface area contributed by atoms with E-state index in [0.717, 1.165) is 11.1 Å². The summed E-state index contributed by atoms with van der Waals surface area (Å²) in [6, 6.07) is 18.2. The summed E-state index contributed by atoms with van der Waals surface area (Å²) in [5.74, 6) is -0.233. The molecule has 1 heterocycles. The molecule has 1 fully saturated rings. The second-order valence-electron chi connectivity index (χ2n) is 5.44. The van der Waals surface area contributed by atoms with E-state index >= 15 is 0 Å². The number of carbonyl (C=O) groups excluding carboxylic acids is 1. The van der Waals surface area contributed by atoms with Gasteiger partial charge in [-0.05, 0) is 47.0 Å². The van der Waals surface area contributed by atoms with Crippen LogP contribution in [0.1, 0.15) is 23.6 Å². The van der Waals surface area contributed by atoms with Crippen LogP contribution in [0.2, 0.25) is 0 Å². The fourth-order valence-corrected chi connectivity index (χ4v) is 3.18. The van der Waals surface area contributed by atoms with Gasteiger partial charge in [-0.15, -0.1) is 4.99 Å². The third kappa shape index (κ3) is 4.25. The summed E-state index contributed by atoms with van der Waals surface area (Å²) in [7, 11) is 0. The summed E-state index contributed by atoms with van der Waals surface area (Å²) >= 11 is 1.17. The van der Waals surface area contributed by atoms with E-state index in [9.17, 15) is 4.79 Å². The van der Waals surface area contributed by atoms with Crippen LogP contribution in [0.5, 0.6) is 0 Å². The molecule has 1 N–H and O–H groups in total. The highest BCUT2D eigenvalue weighted by atomic mass is 32.2. The Hall–Kier alpha value is -3.10. The Morgan fingerprint density at radius 2 is 1.80 bits per heavy atom.